The van der Waals surface area contributed by atoms with E-state index in [0.717, 1.165) is 0 Å². The number of nitrogen functional groups attached to an aromatic ring is 1. The molecule has 0 spiro atoms. The Morgan fingerprint density at radius 1 is 1.61 bits per heavy atom. The Hall–Kier alpha value is -2.88. The summed E-state index contributed by atoms with van der Waals surface area (Å²) in [6.07, 6.45) is 2.95. The van der Waals surface area contributed by atoms with Gasteiger partial charge in [-0.25, -0.2) is 14.5 Å². The summed E-state index contributed by atoms with van der Waals surface area (Å²) >= 11 is 0. The number of nitrogens with zero attached hydrogens (tertiary/aromatic N) is 4. The molecule has 0 saturated heterocycles. The number of nitriles is 1. The highest BCUT2D eigenvalue weighted by Gasteiger charge is 2.15. The van der Waals surface area contributed by atoms with E-state index in [9.17, 15) is 4.79 Å². The van der Waals surface area contributed by atoms with E-state index >= 15 is 0 Å². The second-order valence-electron chi connectivity index (χ2n) is 3.38. The average molecular weight is 243 g/mol. The van der Waals surface area contributed by atoms with Crippen LogP contribution in [0.25, 0.3) is 5.69 Å². The number of carbonyl (C=O) groups is 1. The molecule has 0 radical (unpaired) electrons. The van der Waals surface area contributed by atoms with Crippen LogP contribution in [0.15, 0.2) is 24.5 Å². The zero-order valence-electron chi connectivity index (χ0n) is 9.49. The summed E-state index contributed by atoms with van der Waals surface area (Å²) in [5, 5.41) is 12.8. The minimum Gasteiger partial charge on any atom is -0.464 e. The zero-order valence-corrected chi connectivity index (χ0v) is 9.49. The monoisotopic (exact) mass is 243 g/mol. The van der Waals surface area contributed by atoms with E-state index in [-0.39, 0.29) is 17.1 Å². The lowest BCUT2D eigenvalue weighted by Crippen LogP contribution is -2.06. The van der Waals surface area contributed by atoms with Crippen LogP contribution in [0.5, 0.6) is 0 Å². The molecule has 0 aliphatic carbocycles. The number of carbonyl (C=O) groups excluding carboxylic acids is 1. The van der Waals surface area contributed by atoms with E-state index in [1.54, 1.807) is 6.07 Å². The lowest BCUT2D eigenvalue weighted by atomic mass is 10.3. The minimum atomic E-state index is -0.610. The third kappa shape index (κ3) is 1.99. The molecule has 2 heterocycles. The van der Waals surface area contributed by atoms with E-state index in [4.69, 9.17) is 11.0 Å². The number of nitrogens with two attached hydrogens (primary N) is 1. The molecule has 0 fully saturated rings. The van der Waals surface area contributed by atoms with Crippen molar-refractivity contribution in [3.63, 3.8) is 0 Å². The van der Waals surface area contributed by atoms with Crippen LogP contribution in [0.1, 0.15) is 16.2 Å². The molecule has 0 aromatic carbocycles. The highest BCUT2D eigenvalue weighted by molar-refractivity contribution is 5.92. The molecule has 7 heteroatoms. The summed E-state index contributed by atoms with van der Waals surface area (Å²) in [5.41, 5.74) is 6.74. The molecule has 0 unspecified atom stereocenters. The van der Waals surface area contributed by atoms with E-state index < -0.39 is 5.97 Å². The maximum Gasteiger partial charge on any atom is 0.360 e. The number of ether oxygens (including phenoxy) is 1. The van der Waals surface area contributed by atoms with E-state index in [0.29, 0.717) is 5.69 Å². The second-order valence-corrected chi connectivity index (χ2v) is 3.38. The summed E-state index contributed by atoms with van der Waals surface area (Å²) in [5.74, 6) is -0.610. The number of pyridine rings is 1. The molecule has 0 saturated carbocycles. The first-order valence-corrected chi connectivity index (χ1v) is 4.95. The molecule has 2 rings (SSSR count). The highest BCUT2D eigenvalue weighted by Crippen LogP contribution is 2.15. The fraction of sp³-hybridized carbons (Fsp3) is 0.0909. The molecule has 0 amide bonds. The Bertz CT molecular complexity index is 641. The number of rotatable bonds is 2. The molecule has 90 valence electrons. The molecule has 0 aliphatic rings. The molecule has 0 aliphatic heterocycles. The van der Waals surface area contributed by atoms with Gasteiger partial charge < -0.3 is 10.5 Å². The molecule has 2 N–H and O–H groups in total. The van der Waals surface area contributed by atoms with Crippen molar-refractivity contribution in [2.75, 3.05) is 12.8 Å². The molecular weight excluding hydrogens is 234 g/mol. The van der Waals surface area contributed by atoms with Crippen molar-refractivity contribution in [3.05, 3.63) is 35.9 Å². The Kier molecular flexibility index (Phi) is 2.93. The van der Waals surface area contributed by atoms with Gasteiger partial charge in [-0.05, 0) is 6.07 Å². The van der Waals surface area contributed by atoms with E-state index in [1.165, 1.54) is 30.3 Å². The van der Waals surface area contributed by atoms with Crippen LogP contribution < -0.4 is 5.73 Å². The summed E-state index contributed by atoms with van der Waals surface area (Å²) < 4.78 is 5.94. The van der Waals surface area contributed by atoms with Gasteiger partial charge in [-0.15, -0.1) is 0 Å². The van der Waals surface area contributed by atoms with Crippen LogP contribution in [0.4, 0.5) is 5.69 Å². The van der Waals surface area contributed by atoms with E-state index in [2.05, 4.69) is 14.8 Å². The number of hydrogen-bond donors (Lipinski definition) is 1. The van der Waals surface area contributed by atoms with Crippen molar-refractivity contribution >= 4 is 11.7 Å². The van der Waals surface area contributed by atoms with Gasteiger partial charge in [-0.2, -0.15) is 10.4 Å². The highest BCUT2D eigenvalue weighted by atomic mass is 16.5. The third-order valence-corrected chi connectivity index (χ3v) is 2.24. The predicted octanol–water partition coefficient (Wildman–Crippen LogP) is 0.508. The van der Waals surface area contributed by atoms with Crippen LogP contribution >= 0.6 is 0 Å². The summed E-state index contributed by atoms with van der Waals surface area (Å²) in [7, 11) is 1.25. The maximum absolute atomic E-state index is 11.4. The third-order valence-electron chi connectivity index (χ3n) is 2.24. The van der Waals surface area contributed by atoms with Crippen molar-refractivity contribution in [1.82, 2.24) is 14.8 Å². The van der Waals surface area contributed by atoms with Gasteiger partial charge >= 0.3 is 5.97 Å². The normalized spacial score (nSPS) is 9.78. The van der Waals surface area contributed by atoms with Gasteiger partial charge in [0.05, 0.1) is 24.7 Å². The zero-order chi connectivity index (χ0) is 13.1. The van der Waals surface area contributed by atoms with Crippen molar-refractivity contribution < 1.29 is 9.53 Å². The molecule has 2 aromatic rings. The van der Waals surface area contributed by atoms with Crippen LogP contribution in [0.3, 0.4) is 0 Å². The molecular formula is C11H9N5O2. The Balaban J connectivity index is 2.46. The van der Waals surface area contributed by atoms with Gasteiger partial charge in [-0.3, -0.25) is 0 Å². The van der Waals surface area contributed by atoms with Crippen LogP contribution in [-0.2, 0) is 4.74 Å². The number of anilines is 1. The van der Waals surface area contributed by atoms with Crippen LogP contribution in [0.2, 0.25) is 0 Å². The van der Waals surface area contributed by atoms with Gasteiger partial charge in [0.25, 0.3) is 0 Å². The van der Waals surface area contributed by atoms with Gasteiger partial charge in [0.15, 0.2) is 5.69 Å². The fourth-order valence-electron chi connectivity index (χ4n) is 1.40. The summed E-state index contributed by atoms with van der Waals surface area (Å²) in [6.45, 7) is 0. The molecule has 18 heavy (non-hydrogen) atoms. The fourth-order valence-corrected chi connectivity index (χ4v) is 1.40. The van der Waals surface area contributed by atoms with Crippen LogP contribution in [-0.4, -0.2) is 27.8 Å². The van der Waals surface area contributed by atoms with Crippen molar-refractivity contribution in [2.24, 2.45) is 0 Å². The standard InChI is InChI=1S/C11H9N5O2/c1-18-11(17)10-9(13)6-16(15-10)8-2-3-14-7(4-8)5-12/h2-4,6H,13H2,1H3. The number of hydrogen-bond acceptors (Lipinski definition) is 6. The molecule has 2 aromatic heterocycles. The van der Waals surface area contributed by atoms with E-state index in [1.807, 2.05) is 6.07 Å². The van der Waals surface area contributed by atoms with Gasteiger partial charge in [0, 0.05) is 12.3 Å². The topological polar surface area (TPSA) is 107 Å². The Labute approximate surface area is 102 Å². The lowest BCUT2D eigenvalue weighted by molar-refractivity contribution is 0.0594. The predicted molar refractivity (Wildman–Crippen MR) is 61.8 cm³/mol. The largest absolute Gasteiger partial charge is 0.464 e. The maximum atomic E-state index is 11.4. The van der Waals surface area contributed by atoms with Gasteiger partial charge in [0.2, 0.25) is 0 Å². The van der Waals surface area contributed by atoms with Crippen molar-refractivity contribution in [1.29, 1.82) is 5.26 Å². The molecule has 0 atom stereocenters. The smallest absolute Gasteiger partial charge is 0.360 e. The Morgan fingerprint density at radius 2 is 2.39 bits per heavy atom. The van der Waals surface area contributed by atoms with Gasteiger partial charge in [0.1, 0.15) is 11.8 Å². The first-order valence-electron chi connectivity index (χ1n) is 4.95. The number of esters is 1. The summed E-state index contributed by atoms with van der Waals surface area (Å²) in [6, 6.07) is 5.10. The first kappa shape index (κ1) is 11.6. The molecule has 0 bridgehead atoms. The SMILES string of the molecule is COC(=O)c1nn(-c2ccnc(C#N)c2)cc1N. The lowest BCUT2D eigenvalue weighted by Gasteiger charge is -2.00. The van der Waals surface area contributed by atoms with Crippen molar-refractivity contribution in [3.8, 4) is 11.8 Å². The minimum absolute atomic E-state index is 0.0350. The van der Waals surface area contributed by atoms with Crippen LogP contribution in [0, 0.1) is 11.3 Å². The second kappa shape index (κ2) is 4.55. The number of aromatic nitrogens is 3. The molecule has 7 nitrogen and oxygen atoms in total. The quantitative estimate of drug-likeness (QED) is 0.770. The van der Waals surface area contributed by atoms with Gasteiger partial charge in [-0.1, -0.05) is 0 Å². The number of methoxy groups -OCH3 is 1. The first-order chi connectivity index (χ1) is 8.65. The van der Waals surface area contributed by atoms with Crippen molar-refractivity contribution in [2.45, 2.75) is 0 Å². The Morgan fingerprint density at radius 3 is 3.06 bits per heavy atom. The average Bonchev–Trinajstić information content (AvgIpc) is 2.80. The summed E-state index contributed by atoms with van der Waals surface area (Å²) in [4.78, 5) is 15.2.